The molecule has 27 heavy (non-hydrogen) atoms. The van der Waals surface area contributed by atoms with Gasteiger partial charge >= 0.3 is 0 Å². The van der Waals surface area contributed by atoms with Crippen molar-refractivity contribution in [2.45, 2.75) is 23.4 Å². The minimum atomic E-state index is -0.679. The Morgan fingerprint density at radius 3 is 2.67 bits per heavy atom. The smallest absolute Gasteiger partial charge is 0.209 e. The number of rotatable bonds is 5. The molecule has 4 rings (SSSR count). The second-order valence-corrected chi connectivity index (χ2v) is 8.16. The third-order valence-corrected chi connectivity index (χ3v) is 5.83. The maximum atomic E-state index is 10.8. The summed E-state index contributed by atoms with van der Waals surface area (Å²) in [5.74, 6) is 0.462. The summed E-state index contributed by atoms with van der Waals surface area (Å²) in [5.41, 5.74) is 2.39. The van der Waals surface area contributed by atoms with E-state index in [0.717, 1.165) is 16.5 Å². The van der Waals surface area contributed by atoms with E-state index in [0.29, 0.717) is 26.6 Å². The molecule has 0 radical (unpaired) electrons. The highest BCUT2D eigenvalue weighted by molar-refractivity contribution is 7.99. The van der Waals surface area contributed by atoms with E-state index in [1.54, 1.807) is 0 Å². The van der Waals surface area contributed by atoms with Crippen LogP contribution in [0.5, 0.6) is 0 Å². The van der Waals surface area contributed by atoms with Crippen LogP contribution in [0.25, 0.3) is 22.3 Å². The Morgan fingerprint density at radius 1 is 1.15 bits per heavy atom. The maximum Gasteiger partial charge on any atom is 0.209 e. The first-order valence-electron chi connectivity index (χ1n) is 8.17. The number of nitrogens with zero attached hydrogens (tertiary/aromatic N) is 3. The van der Waals surface area contributed by atoms with Crippen molar-refractivity contribution in [3.63, 3.8) is 0 Å². The zero-order valence-electron chi connectivity index (χ0n) is 14.1. The van der Waals surface area contributed by atoms with Gasteiger partial charge in [-0.25, -0.2) is 4.98 Å². The molecule has 3 N–H and O–H groups in total. The molecule has 0 saturated heterocycles. The fourth-order valence-corrected chi connectivity index (χ4v) is 4.26. The summed E-state index contributed by atoms with van der Waals surface area (Å²) in [6.45, 7) is 1.93. The number of para-hydroxylation sites is 1. The normalized spacial score (nSPS) is 13.8. The van der Waals surface area contributed by atoms with E-state index in [1.165, 1.54) is 24.2 Å². The number of fused-ring (bicyclic) bond motifs is 1. The zero-order valence-corrected chi connectivity index (χ0v) is 16.5. The van der Waals surface area contributed by atoms with Crippen LogP contribution < -0.4 is 0 Å². The van der Waals surface area contributed by atoms with Crippen LogP contribution in [0.3, 0.4) is 0 Å². The molecule has 1 aromatic carbocycles. The van der Waals surface area contributed by atoms with Gasteiger partial charge in [0, 0.05) is 40.3 Å². The number of hydrogen-bond donors (Lipinski definition) is 3. The van der Waals surface area contributed by atoms with Crippen molar-refractivity contribution >= 4 is 45.9 Å². The SMILES string of the molecule is C[C@@H](Sc1n[nH]c(-c2c(Cl)cncc2Cl)n1)C(O)c1c[nH]c2ccccc12. The molecule has 3 heterocycles. The van der Waals surface area contributed by atoms with Crippen molar-refractivity contribution in [2.75, 3.05) is 0 Å². The second kappa shape index (κ2) is 7.52. The van der Waals surface area contributed by atoms with Crippen LogP contribution in [-0.2, 0) is 0 Å². The van der Waals surface area contributed by atoms with E-state index in [-0.39, 0.29) is 5.25 Å². The van der Waals surface area contributed by atoms with Gasteiger partial charge in [0.25, 0.3) is 0 Å². The van der Waals surface area contributed by atoms with Gasteiger partial charge in [-0.05, 0) is 13.0 Å². The number of benzene rings is 1. The van der Waals surface area contributed by atoms with Crippen LogP contribution in [0.4, 0.5) is 0 Å². The highest BCUT2D eigenvalue weighted by Crippen LogP contribution is 2.36. The number of halogens is 2. The van der Waals surface area contributed by atoms with Crippen molar-refractivity contribution < 1.29 is 5.11 Å². The minimum absolute atomic E-state index is 0.170. The lowest BCUT2D eigenvalue weighted by Crippen LogP contribution is -2.11. The van der Waals surface area contributed by atoms with Crippen LogP contribution >= 0.6 is 35.0 Å². The quantitative estimate of drug-likeness (QED) is 0.401. The first-order chi connectivity index (χ1) is 13.0. The molecular formula is C18H15Cl2N5OS. The third kappa shape index (κ3) is 3.55. The standard InChI is InChI=1S/C18H15Cl2N5OS/c1-9(16(26)11-6-22-14-5-3-2-4-10(11)14)27-18-23-17(24-25-18)15-12(19)7-21-8-13(15)20/h2-9,16,22,26H,1H3,(H,23,24,25)/t9-,16?/m1/s1. The molecule has 0 aliphatic carbocycles. The zero-order chi connectivity index (χ0) is 19.0. The average Bonchev–Trinajstić information content (AvgIpc) is 3.28. The highest BCUT2D eigenvalue weighted by atomic mass is 35.5. The molecule has 0 spiro atoms. The van der Waals surface area contributed by atoms with Crippen molar-refractivity contribution in [1.29, 1.82) is 0 Å². The molecule has 0 aliphatic heterocycles. The molecule has 0 aliphatic rings. The second-order valence-electron chi connectivity index (χ2n) is 6.00. The van der Waals surface area contributed by atoms with Crippen molar-refractivity contribution in [1.82, 2.24) is 25.1 Å². The fourth-order valence-electron chi connectivity index (χ4n) is 2.87. The Labute approximate surface area is 169 Å². The molecule has 3 aromatic heterocycles. The Morgan fingerprint density at radius 2 is 1.89 bits per heavy atom. The van der Waals surface area contributed by atoms with Crippen LogP contribution in [0.2, 0.25) is 10.0 Å². The summed E-state index contributed by atoms with van der Waals surface area (Å²) < 4.78 is 0. The number of aromatic nitrogens is 5. The number of pyridine rings is 1. The molecule has 0 saturated carbocycles. The van der Waals surface area contributed by atoms with Gasteiger partial charge in [-0.3, -0.25) is 10.1 Å². The summed E-state index contributed by atoms with van der Waals surface area (Å²) in [6, 6.07) is 7.87. The van der Waals surface area contributed by atoms with Crippen molar-refractivity contribution in [2.24, 2.45) is 0 Å². The molecule has 6 nitrogen and oxygen atoms in total. The van der Waals surface area contributed by atoms with Crippen LogP contribution in [0.15, 0.2) is 48.0 Å². The summed E-state index contributed by atoms with van der Waals surface area (Å²) in [5, 5.41) is 20.0. The van der Waals surface area contributed by atoms with Gasteiger partial charge < -0.3 is 10.1 Å². The number of H-pyrrole nitrogens is 2. The number of nitrogens with one attached hydrogen (secondary N) is 2. The van der Waals surface area contributed by atoms with Crippen LogP contribution in [-0.4, -0.2) is 35.5 Å². The molecule has 0 amide bonds. The monoisotopic (exact) mass is 419 g/mol. The van der Waals surface area contributed by atoms with E-state index in [4.69, 9.17) is 23.2 Å². The molecule has 4 aromatic rings. The summed E-state index contributed by atoms with van der Waals surface area (Å²) in [4.78, 5) is 11.6. The van der Waals surface area contributed by atoms with Gasteiger partial charge in [-0.15, -0.1) is 5.10 Å². The largest absolute Gasteiger partial charge is 0.387 e. The fraction of sp³-hybridized carbons (Fsp3) is 0.167. The predicted octanol–water partition coefficient (Wildman–Crippen LogP) is 4.87. The number of aliphatic hydroxyl groups is 1. The Bertz CT molecular complexity index is 1080. The molecule has 9 heteroatoms. The van der Waals surface area contributed by atoms with E-state index < -0.39 is 6.10 Å². The first-order valence-corrected chi connectivity index (χ1v) is 9.80. The lowest BCUT2D eigenvalue weighted by atomic mass is 10.1. The van der Waals surface area contributed by atoms with E-state index in [9.17, 15) is 5.11 Å². The lowest BCUT2D eigenvalue weighted by molar-refractivity contribution is 0.181. The van der Waals surface area contributed by atoms with Gasteiger partial charge in [-0.1, -0.05) is 53.2 Å². The Kier molecular flexibility index (Phi) is 5.10. The highest BCUT2D eigenvalue weighted by Gasteiger charge is 2.23. The van der Waals surface area contributed by atoms with Crippen LogP contribution in [0, 0.1) is 0 Å². The van der Waals surface area contributed by atoms with Crippen molar-refractivity contribution in [3.05, 3.63) is 58.5 Å². The molecule has 1 unspecified atom stereocenters. The average molecular weight is 420 g/mol. The number of hydrogen-bond acceptors (Lipinski definition) is 5. The number of thioether (sulfide) groups is 1. The number of aromatic amines is 2. The van der Waals surface area contributed by atoms with Gasteiger partial charge in [0.2, 0.25) is 5.16 Å². The Hall–Kier alpha value is -2.06. The summed E-state index contributed by atoms with van der Waals surface area (Å²) in [6.07, 6.45) is 4.16. The number of aliphatic hydroxyl groups excluding tert-OH is 1. The van der Waals surface area contributed by atoms with E-state index in [1.807, 2.05) is 37.4 Å². The predicted molar refractivity (Wildman–Crippen MR) is 108 cm³/mol. The van der Waals surface area contributed by atoms with Crippen molar-refractivity contribution in [3.8, 4) is 11.4 Å². The van der Waals surface area contributed by atoms with Gasteiger partial charge in [0.1, 0.15) is 0 Å². The van der Waals surface area contributed by atoms with E-state index >= 15 is 0 Å². The first kappa shape index (κ1) is 18.3. The molecule has 0 bridgehead atoms. The molecular weight excluding hydrogens is 405 g/mol. The molecule has 0 fully saturated rings. The summed E-state index contributed by atoms with van der Waals surface area (Å²) in [7, 11) is 0. The lowest BCUT2D eigenvalue weighted by Gasteiger charge is -2.16. The van der Waals surface area contributed by atoms with Gasteiger partial charge in [0.05, 0.1) is 21.7 Å². The van der Waals surface area contributed by atoms with E-state index in [2.05, 4.69) is 25.1 Å². The summed E-state index contributed by atoms with van der Waals surface area (Å²) >= 11 is 13.7. The molecule has 2 atom stereocenters. The molecule has 138 valence electrons. The topological polar surface area (TPSA) is 90.5 Å². The maximum absolute atomic E-state index is 10.8. The Balaban J connectivity index is 1.55. The van der Waals surface area contributed by atoms with Gasteiger partial charge in [-0.2, -0.15) is 0 Å². The van der Waals surface area contributed by atoms with Crippen LogP contribution in [0.1, 0.15) is 18.6 Å². The third-order valence-electron chi connectivity index (χ3n) is 4.23. The minimum Gasteiger partial charge on any atom is -0.387 e. The van der Waals surface area contributed by atoms with Gasteiger partial charge in [0.15, 0.2) is 5.82 Å².